The van der Waals surface area contributed by atoms with Crippen molar-refractivity contribution in [3.63, 3.8) is 0 Å². The first-order valence-electron chi connectivity index (χ1n) is 6.64. The number of alkyl halides is 1. The zero-order valence-electron chi connectivity index (χ0n) is 11.6. The Kier molecular flexibility index (Phi) is 5.39. The molecule has 1 fully saturated rings. The molecule has 0 radical (unpaired) electrons. The molecule has 1 aliphatic carbocycles. The highest BCUT2D eigenvalue weighted by molar-refractivity contribution is 9.11. The molecule has 0 spiro atoms. The van der Waals surface area contributed by atoms with Crippen molar-refractivity contribution in [3.05, 3.63) is 14.7 Å². The van der Waals surface area contributed by atoms with Crippen LogP contribution >= 0.6 is 43.2 Å². The van der Waals surface area contributed by atoms with Gasteiger partial charge in [-0.25, -0.2) is 13.1 Å². The number of hydrogen-bond donors (Lipinski definition) is 1. The van der Waals surface area contributed by atoms with E-state index in [1.54, 1.807) is 6.07 Å². The van der Waals surface area contributed by atoms with Crippen LogP contribution in [0.5, 0.6) is 0 Å². The standard InChI is InChI=1S/C13H19Br2NO2S2/c1-9-4-3-5-13(7-9,8-14)16-20(17,18)11-6-12(15)19-10(11)2/h6,9,16H,3-5,7-8H2,1-2H3. The Morgan fingerprint density at radius 2 is 2.25 bits per heavy atom. The third kappa shape index (κ3) is 3.66. The van der Waals surface area contributed by atoms with Crippen LogP contribution in [0, 0.1) is 12.8 Å². The zero-order valence-corrected chi connectivity index (χ0v) is 16.4. The van der Waals surface area contributed by atoms with Crippen LogP contribution in [0.15, 0.2) is 14.7 Å². The lowest BCUT2D eigenvalue weighted by Gasteiger charge is -2.39. The second-order valence-corrected chi connectivity index (χ2v) is 10.5. The van der Waals surface area contributed by atoms with Crippen molar-refractivity contribution in [1.29, 1.82) is 0 Å². The van der Waals surface area contributed by atoms with Gasteiger partial charge in [-0.05, 0) is 47.7 Å². The first kappa shape index (κ1) is 16.9. The summed E-state index contributed by atoms with van der Waals surface area (Å²) >= 11 is 8.32. The summed E-state index contributed by atoms with van der Waals surface area (Å²) in [6.45, 7) is 4.03. The van der Waals surface area contributed by atoms with Crippen molar-refractivity contribution in [1.82, 2.24) is 4.72 Å². The van der Waals surface area contributed by atoms with Gasteiger partial charge in [0.1, 0.15) is 0 Å². The summed E-state index contributed by atoms with van der Waals surface area (Å²) < 4.78 is 29.1. The highest BCUT2D eigenvalue weighted by Gasteiger charge is 2.38. The van der Waals surface area contributed by atoms with Crippen molar-refractivity contribution in [3.8, 4) is 0 Å². The Hall–Kier alpha value is 0.570. The van der Waals surface area contributed by atoms with Crippen molar-refractivity contribution >= 4 is 53.2 Å². The van der Waals surface area contributed by atoms with Crippen molar-refractivity contribution in [2.45, 2.75) is 50.0 Å². The summed E-state index contributed by atoms with van der Waals surface area (Å²) in [7, 11) is -3.46. The molecular formula is C13H19Br2NO2S2. The minimum atomic E-state index is -3.46. The van der Waals surface area contributed by atoms with E-state index in [0.717, 1.165) is 27.9 Å². The number of nitrogens with one attached hydrogen (secondary N) is 1. The smallest absolute Gasteiger partial charge is 0.207 e. The Morgan fingerprint density at radius 3 is 2.75 bits per heavy atom. The summed E-state index contributed by atoms with van der Waals surface area (Å²) in [6, 6.07) is 1.69. The minimum absolute atomic E-state index is 0.350. The predicted octanol–water partition coefficient (Wildman–Crippen LogP) is 4.44. The average molecular weight is 445 g/mol. The van der Waals surface area contributed by atoms with E-state index >= 15 is 0 Å². The lowest BCUT2D eigenvalue weighted by atomic mass is 9.78. The third-order valence-corrected chi connectivity index (χ3v) is 8.29. The van der Waals surface area contributed by atoms with Gasteiger partial charge >= 0.3 is 0 Å². The van der Waals surface area contributed by atoms with Gasteiger partial charge in [0.15, 0.2) is 0 Å². The van der Waals surface area contributed by atoms with Gasteiger partial charge in [-0.2, -0.15) is 0 Å². The number of halogens is 2. The Labute approximate surface area is 141 Å². The molecule has 2 rings (SSSR count). The van der Waals surface area contributed by atoms with Gasteiger partial charge < -0.3 is 0 Å². The molecule has 3 nitrogen and oxygen atoms in total. The molecule has 2 unspecified atom stereocenters. The summed E-state index contributed by atoms with van der Waals surface area (Å²) in [4.78, 5) is 1.21. The number of sulfonamides is 1. The topological polar surface area (TPSA) is 46.2 Å². The molecule has 0 aliphatic heterocycles. The van der Waals surface area contributed by atoms with Crippen LogP contribution in [0.4, 0.5) is 0 Å². The van der Waals surface area contributed by atoms with Gasteiger partial charge in [0.05, 0.1) is 8.68 Å². The fourth-order valence-corrected chi connectivity index (χ4v) is 7.63. The molecule has 1 aromatic rings. The molecule has 0 amide bonds. The molecule has 1 saturated carbocycles. The molecule has 0 aromatic carbocycles. The van der Waals surface area contributed by atoms with Crippen molar-refractivity contribution in [2.24, 2.45) is 5.92 Å². The fourth-order valence-electron chi connectivity index (χ4n) is 2.94. The summed E-state index contributed by atoms with van der Waals surface area (Å²) in [5, 5.41) is 0.661. The number of hydrogen-bond acceptors (Lipinski definition) is 3. The van der Waals surface area contributed by atoms with E-state index in [-0.39, 0.29) is 5.54 Å². The second-order valence-electron chi connectivity index (χ2n) is 5.69. The maximum Gasteiger partial charge on any atom is 0.242 e. The van der Waals surface area contributed by atoms with E-state index in [2.05, 4.69) is 43.5 Å². The van der Waals surface area contributed by atoms with Gasteiger partial charge in [-0.1, -0.05) is 35.7 Å². The third-order valence-electron chi connectivity index (χ3n) is 3.83. The van der Waals surface area contributed by atoms with Crippen LogP contribution in [-0.2, 0) is 10.0 Å². The Bertz CT molecular complexity index is 585. The molecule has 20 heavy (non-hydrogen) atoms. The van der Waals surface area contributed by atoms with Crippen LogP contribution in [0.1, 0.15) is 37.5 Å². The lowest BCUT2D eigenvalue weighted by Crippen LogP contribution is -2.52. The van der Waals surface area contributed by atoms with Gasteiger partial charge in [-0.15, -0.1) is 11.3 Å². The van der Waals surface area contributed by atoms with E-state index in [1.165, 1.54) is 17.8 Å². The Balaban J connectivity index is 2.28. The van der Waals surface area contributed by atoms with Crippen LogP contribution in [0.2, 0.25) is 0 Å². The molecule has 1 heterocycles. The summed E-state index contributed by atoms with van der Waals surface area (Å²) in [5.41, 5.74) is -0.350. The normalized spacial score (nSPS) is 27.7. The quantitative estimate of drug-likeness (QED) is 0.697. The van der Waals surface area contributed by atoms with Crippen LogP contribution in [0.3, 0.4) is 0 Å². The highest BCUT2D eigenvalue weighted by Crippen LogP contribution is 2.36. The van der Waals surface area contributed by atoms with Crippen molar-refractivity contribution in [2.75, 3.05) is 5.33 Å². The molecule has 0 saturated heterocycles. The first-order valence-corrected chi connectivity index (χ1v) is 10.9. The minimum Gasteiger partial charge on any atom is -0.207 e. The molecule has 7 heteroatoms. The summed E-state index contributed by atoms with van der Waals surface area (Å²) in [6.07, 6.45) is 4.04. The second kappa shape index (κ2) is 6.36. The first-order chi connectivity index (χ1) is 9.28. The molecule has 1 N–H and O–H groups in total. The van der Waals surface area contributed by atoms with E-state index in [4.69, 9.17) is 0 Å². The molecule has 0 bridgehead atoms. The maximum absolute atomic E-state index is 12.7. The number of thiophene rings is 1. The molecule has 114 valence electrons. The van der Waals surface area contributed by atoms with Gasteiger partial charge in [0.2, 0.25) is 10.0 Å². The van der Waals surface area contributed by atoms with E-state index in [1.807, 2.05) is 6.92 Å². The van der Waals surface area contributed by atoms with Crippen molar-refractivity contribution < 1.29 is 8.42 Å². The van der Waals surface area contributed by atoms with Crippen LogP contribution < -0.4 is 4.72 Å². The SMILES string of the molecule is Cc1sc(Br)cc1S(=O)(=O)NC1(CBr)CCCC(C)C1. The zero-order chi connectivity index (χ0) is 15.0. The Morgan fingerprint density at radius 1 is 1.55 bits per heavy atom. The predicted molar refractivity (Wildman–Crippen MR) is 91.2 cm³/mol. The van der Waals surface area contributed by atoms with Gasteiger partial charge in [0.25, 0.3) is 0 Å². The monoisotopic (exact) mass is 443 g/mol. The lowest BCUT2D eigenvalue weighted by molar-refractivity contribution is 0.241. The maximum atomic E-state index is 12.7. The van der Waals surface area contributed by atoms with E-state index in [0.29, 0.717) is 16.1 Å². The average Bonchev–Trinajstić information content (AvgIpc) is 2.69. The number of rotatable bonds is 4. The molecule has 1 aromatic heterocycles. The number of aryl methyl sites for hydroxylation is 1. The largest absolute Gasteiger partial charge is 0.242 e. The van der Waals surface area contributed by atoms with E-state index < -0.39 is 10.0 Å². The summed E-state index contributed by atoms with van der Waals surface area (Å²) in [5.74, 6) is 0.555. The molecule has 2 atom stereocenters. The van der Waals surface area contributed by atoms with Crippen LogP contribution in [0.25, 0.3) is 0 Å². The highest BCUT2D eigenvalue weighted by atomic mass is 79.9. The fraction of sp³-hybridized carbons (Fsp3) is 0.692. The van der Waals surface area contributed by atoms with E-state index in [9.17, 15) is 8.42 Å². The van der Waals surface area contributed by atoms with Gasteiger partial charge in [0, 0.05) is 15.7 Å². The van der Waals surface area contributed by atoms with Gasteiger partial charge in [-0.3, -0.25) is 0 Å². The molecule has 1 aliphatic rings. The van der Waals surface area contributed by atoms with Crippen LogP contribution in [-0.4, -0.2) is 19.3 Å². The molecular weight excluding hydrogens is 426 g/mol.